The average Bonchev–Trinajstić information content (AvgIpc) is 2.77. The van der Waals surface area contributed by atoms with Crippen LogP contribution in [0.1, 0.15) is 43.2 Å². The van der Waals surface area contributed by atoms with E-state index in [0.29, 0.717) is 18.4 Å². The number of ether oxygens (including phenoxy) is 2. The van der Waals surface area contributed by atoms with Gasteiger partial charge < -0.3 is 14.4 Å². The largest absolute Gasteiger partial charge is 0.573 e. The predicted octanol–water partition coefficient (Wildman–Crippen LogP) is 5.67. The summed E-state index contributed by atoms with van der Waals surface area (Å²) in [6.07, 6.45) is -1.07. The van der Waals surface area contributed by atoms with Crippen molar-refractivity contribution in [3.8, 4) is 5.75 Å². The first kappa shape index (κ1) is 23.1. The Balaban J connectivity index is 1.34. The first-order valence-electron chi connectivity index (χ1n) is 11.1. The van der Waals surface area contributed by atoms with E-state index in [9.17, 15) is 22.8 Å². The lowest BCUT2D eigenvalue weighted by Crippen LogP contribution is -2.55. The van der Waals surface area contributed by atoms with Gasteiger partial charge in [0.25, 0.3) is 0 Å². The van der Waals surface area contributed by atoms with Crippen LogP contribution in [-0.4, -0.2) is 35.2 Å². The van der Waals surface area contributed by atoms with Gasteiger partial charge in [0, 0.05) is 24.4 Å². The number of hydrogen-bond acceptors (Lipinski definition) is 4. The highest BCUT2D eigenvalue weighted by Gasteiger charge is 2.43. The van der Waals surface area contributed by atoms with Crippen molar-refractivity contribution in [3.63, 3.8) is 0 Å². The molecular formula is C25H26F3NO4. The Kier molecular flexibility index (Phi) is 6.91. The molecule has 2 aliphatic rings. The fraction of sp³-hybridized carbons (Fsp3) is 0.440. The number of piperidine rings is 2. The number of Topliss-reactive ketones (excluding diaryl/α,β-unsaturated/α-hetero) is 1. The third kappa shape index (κ3) is 6.06. The Morgan fingerprint density at radius 3 is 2.15 bits per heavy atom. The molecule has 1 amide bonds. The van der Waals surface area contributed by atoms with Gasteiger partial charge in [-0.1, -0.05) is 42.5 Å². The number of amides is 1. The number of fused-ring (bicyclic) bond motifs is 2. The monoisotopic (exact) mass is 461 g/mol. The second-order valence-corrected chi connectivity index (χ2v) is 8.69. The van der Waals surface area contributed by atoms with E-state index in [0.717, 1.165) is 24.8 Å². The van der Waals surface area contributed by atoms with E-state index in [-0.39, 0.29) is 48.7 Å². The number of ketones is 1. The quantitative estimate of drug-likeness (QED) is 0.557. The Hall–Kier alpha value is -3.03. The van der Waals surface area contributed by atoms with E-state index < -0.39 is 6.36 Å². The highest BCUT2D eigenvalue weighted by atomic mass is 19.4. The predicted molar refractivity (Wildman–Crippen MR) is 114 cm³/mol. The molecule has 2 aliphatic heterocycles. The number of alkyl halides is 3. The van der Waals surface area contributed by atoms with Gasteiger partial charge in [0.2, 0.25) is 0 Å². The van der Waals surface area contributed by atoms with Gasteiger partial charge in [0.15, 0.2) is 0 Å². The summed E-state index contributed by atoms with van der Waals surface area (Å²) >= 11 is 0. The SMILES string of the molecule is O=C(Cc1ccc(OC(F)(F)F)cc1)C1CC2CCCC(C1)N2C(=O)OCc1ccccc1. The smallest absolute Gasteiger partial charge is 0.445 e. The molecule has 4 rings (SSSR count). The summed E-state index contributed by atoms with van der Waals surface area (Å²) in [5, 5.41) is 0. The van der Waals surface area contributed by atoms with Crippen LogP contribution in [0.25, 0.3) is 0 Å². The highest BCUT2D eigenvalue weighted by molar-refractivity contribution is 5.84. The van der Waals surface area contributed by atoms with E-state index >= 15 is 0 Å². The molecule has 0 spiro atoms. The number of nitrogens with zero attached hydrogens (tertiary/aromatic N) is 1. The molecule has 2 fully saturated rings. The first-order valence-corrected chi connectivity index (χ1v) is 11.1. The standard InChI is InChI=1S/C25H26F3NO4/c26-25(27,28)33-22-11-9-17(10-12-22)13-23(30)19-14-20-7-4-8-21(15-19)29(20)24(31)32-16-18-5-2-1-3-6-18/h1-3,5-6,9-12,19-21H,4,7-8,13-16H2. The first-order chi connectivity index (χ1) is 15.8. The summed E-state index contributed by atoms with van der Waals surface area (Å²) < 4.78 is 46.4. The highest BCUT2D eigenvalue weighted by Crippen LogP contribution is 2.38. The minimum Gasteiger partial charge on any atom is -0.445 e. The van der Waals surface area contributed by atoms with Gasteiger partial charge in [-0.05, 0) is 55.4 Å². The molecule has 33 heavy (non-hydrogen) atoms. The number of benzene rings is 2. The van der Waals surface area contributed by atoms with Crippen LogP contribution in [0.5, 0.6) is 5.75 Å². The summed E-state index contributed by atoms with van der Waals surface area (Å²) in [6, 6.07) is 14.8. The number of rotatable bonds is 6. The molecule has 2 aromatic carbocycles. The van der Waals surface area contributed by atoms with Crippen molar-refractivity contribution in [1.82, 2.24) is 4.90 Å². The molecule has 2 bridgehead atoms. The molecule has 0 radical (unpaired) electrons. The molecule has 0 aliphatic carbocycles. The van der Waals surface area contributed by atoms with Crippen molar-refractivity contribution in [3.05, 3.63) is 65.7 Å². The molecule has 2 saturated heterocycles. The van der Waals surface area contributed by atoms with Crippen LogP contribution in [0.3, 0.4) is 0 Å². The zero-order valence-electron chi connectivity index (χ0n) is 18.1. The lowest BCUT2D eigenvalue weighted by molar-refractivity contribution is -0.274. The van der Waals surface area contributed by atoms with Crippen LogP contribution >= 0.6 is 0 Å². The lowest BCUT2D eigenvalue weighted by Gasteiger charge is -2.47. The third-order valence-electron chi connectivity index (χ3n) is 6.38. The van der Waals surface area contributed by atoms with Crippen LogP contribution in [-0.2, 0) is 22.6 Å². The Bertz CT molecular complexity index is 948. The summed E-state index contributed by atoms with van der Waals surface area (Å²) in [7, 11) is 0. The Morgan fingerprint density at radius 1 is 0.909 bits per heavy atom. The van der Waals surface area contributed by atoms with Crippen molar-refractivity contribution in [2.75, 3.05) is 0 Å². The van der Waals surface area contributed by atoms with Gasteiger partial charge in [-0.3, -0.25) is 4.79 Å². The van der Waals surface area contributed by atoms with Gasteiger partial charge in [-0.15, -0.1) is 13.2 Å². The Labute approximate surface area is 190 Å². The van der Waals surface area contributed by atoms with Crippen LogP contribution in [0, 0.1) is 5.92 Å². The molecule has 176 valence electrons. The number of halogens is 3. The number of hydrogen-bond donors (Lipinski definition) is 0. The topological polar surface area (TPSA) is 55.8 Å². The van der Waals surface area contributed by atoms with E-state index in [1.54, 1.807) is 0 Å². The van der Waals surface area contributed by atoms with E-state index in [1.807, 2.05) is 35.2 Å². The zero-order chi connectivity index (χ0) is 23.4. The Morgan fingerprint density at radius 2 is 1.55 bits per heavy atom. The number of carbonyl (C=O) groups is 2. The second-order valence-electron chi connectivity index (χ2n) is 8.69. The summed E-state index contributed by atoms with van der Waals surface area (Å²) in [6.45, 7) is 0.214. The fourth-order valence-electron chi connectivity index (χ4n) is 4.89. The van der Waals surface area contributed by atoms with Gasteiger partial charge in [0.1, 0.15) is 18.1 Å². The molecule has 2 aromatic rings. The molecule has 8 heteroatoms. The molecule has 0 N–H and O–H groups in total. The normalized spacial score (nSPS) is 22.5. The van der Waals surface area contributed by atoms with Crippen LogP contribution in [0.4, 0.5) is 18.0 Å². The van der Waals surface area contributed by atoms with Gasteiger partial charge in [-0.25, -0.2) is 4.79 Å². The zero-order valence-corrected chi connectivity index (χ0v) is 18.1. The minimum absolute atomic E-state index is 0.0303. The van der Waals surface area contributed by atoms with Crippen LogP contribution in [0.2, 0.25) is 0 Å². The average molecular weight is 461 g/mol. The summed E-state index contributed by atoms with van der Waals surface area (Å²) in [5.41, 5.74) is 1.57. The van der Waals surface area contributed by atoms with Gasteiger partial charge in [-0.2, -0.15) is 0 Å². The maximum absolute atomic E-state index is 13.0. The minimum atomic E-state index is -4.74. The maximum atomic E-state index is 13.0. The van der Waals surface area contributed by atoms with Crippen LogP contribution < -0.4 is 4.74 Å². The van der Waals surface area contributed by atoms with E-state index in [2.05, 4.69) is 4.74 Å². The summed E-state index contributed by atoms with van der Waals surface area (Å²) in [5.74, 6) is -0.436. The molecule has 0 aromatic heterocycles. The van der Waals surface area contributed by atoms with Gasteiger partial charge in [0.05, 0.1) is 0 Å². The molecule has 2 unspecified atom stereocenters. The van der Waals surface area contributed by atoms with Gasteiger partial charge >= 0.3 is 12.5 Å². The lowest BCUT2D eigenvalue weighted by atomic mass is 9.76. The van der Waals surface area contributed by atoms with E-state index in [1.165, 1.54) is 24.3 Å². The molecule has 5 nitrogen and oxygen atoms in total. The number of carbonyl (C=O) groups excluding carboxylic acids is 2. The third-order valence-corrected chi connectivity index (χ3v) is 6.38. The fourth-order valence-corrected chi connectivity index (χ4v) is 4.89. The second kappa shape index (κ2) is 9.85. The van der Waals surface area contributed by atoms with Crippen molar-refractivity contribution in [2.45, 2.75) is 63.6 Å². The molecule has 2 heterocycles. The van der Waals surface area contributed by atoms with E-state index in [4.69, 9.17) is 4.74 Å². The van der Waals surface area contributed by atoms with Crippen molar-refractivity contribution in [1.29, 1.82) is 0 Å². The summed E-state index contributed by atoms with van der Waals surface area (Å²) in [4.78, 5) is 27.6. The molecular weight excluding hydrogens is 435 g/mol. The van der Waals surface area contributed by atoms with Crippen molar-refractivity contribution in [2.24, 2.45) is 5.92 Å². The molecule has 2 atom stereocenters. The van der Waals surface area contributed by atoms with Crippen molar-refractivity contribution >= 4 is 11.9 Å². The van der Waals surface area contributed by atoms with Crippen LogP contribution in [0.15, 0.2) is 54.6 Å². The maximum Gasteiger partial charge on any atom is 0.573 e. The van der Waals surface area contributed by atoms with Crippen molar-refractivity contribution < 1.29 is 32.2 Å². The molecule has 0 saturated carbocycles.